The number of benzene rings is 13. The fourth-order valence-electron chi connectivity index (χ4n) is 12.6. The highest BCUT2D eigenvalue weighted by Crippen LogP contribution is 2.42. The van der Waals surface area contributed by atoms with E-state index in [9.17, 15) is 0 Å². The first kappa shape index (κ1) is 50.2. The molecule has 3 heterocycles. The lowest BCUT2D eigenvalue weighted by Crippen LogP contribution is -2.10. The van der Waals surface area contributed by atoms with Gasteiger partial charge in [0.15, 0.2) is 0 Å². The maximum Gasteiger partial charge on any atom is 0.0973 e. The summed E-state index contributed by atoms with van der Waals surface area (Å²) in [5, 5.41) is 5.04. The zero-order valence-corrected chi connectivity index (χ0v) is 46.9. The molecular weight excluding hydrogens is 1040 g/mol. The fraction of sp³-hybridized carbons (Fsp3) is 0. The van der Waals surface area contributed by atoms with Crippen molar-refractivity contribution in [3.8, 4) is 56.1 Å². The average molecular weight is 1100 g/mol. The van der Waals surface area contributed by atoms with Gasteiger partial charge in [0.2, 0.25) is 0 Å². The van der Waals surface area contributed by atoms with Crippen LogP contribution in [0.4, 0.5) is 34.1 Å². The zero-order chi connectivity index (χ0) is 56.9. The van der Waals surface area contributed by atoms with Gasteiger partial charge in [-0.1, -0.05) is 194 Å². The minimum atomic E-state index is 0.821. The Morgan fingerprint density at radius 1 is 0.198 bits per heavy atom. The largest absolute Gasteiger partial charge is 0.311 e. The van der Waals surface area contributed by atoms with Crippen molar-refractivity contribution in [1.82, 2.24) is 19.1 Å². The van der Waals surface area contributed by atoms with E-state index in [-0.39, 0.29) is 0 Å². The summed E-state index contributed by atoms with van der Waals surface area (Å²) in [5.74, 6) is 0. The maximum absolute atomic E-state index is 5.34. The smallest absolute Gasteiger partial charge is 0.0973 e. The summed E-state index contributed by atoms with van der Waals surface area (Å²) in [6.07, 6.45) is 0. The van der Waals surface area contributed by atoms with Gasteiger partial charge in [0.1, 0.15) is 0 Å². The highest BCUT2D eigenvalue weighted by atomic mass is 15.1. The van der Waals surface area contributed by atoms with Crippen LogP contribution in [0.25, 0.3) is 111 Å². The van der Waals surface area contributed by atoms with Crippen molar-refractivity contribution < 1.29 is 0 Å². The predicted molar refractivity (Wildman–Crippen MR) is 359 cm³/mol. The molecule has 16 rings (SSSR count). The van der Waals surface area contributed by atoms with Crippen LogP contribution in [0.1, 0.15) is 0 Å². The molecule has 0 spiro atoms. The van der Waals surface area contributed by atoms with Gasteiger partial charge < -0.3 is 18.9 Å². The van der Waals surface area contributed by atoms with Crippen LogP contribution in [0, 0.1) is 0 Å². The molecule has 0 aliphatic heterocycles. The highest BCUT2D eigenvalue weighted by molar-refractivity contribution is 6.10. The molecule has 0 amide bonds. The lowest BCUT2D eigenvalue weighted by molar-refractivity contribution is 1.18. The Morgan fingerprint density at radius 2 is 0.430 bits per heavy atom. The standard InChI is InChI=1S/C80H54N6/c1-3-17-61(18-4-1)83(63-43-31-55(32-44-63)57-35-47-67(48-36-57)85-75-27-13-7-21-69(75)70-22-8-14-28-76(70)85)65-51-39-59(40-52-65)79-80(82-74-26-12-11-25-73(74)81-79)60-41-53-66(54-42-60)84(62-19-5-2-6-20-62)64-45-33-56(34-46-64)58-37-49-68(50-38-58)86-77-29-15-9-23-71(77)72-24-10-16-30-78(72)86/h1-54H. The third-order valence-electron chi connectivity index (χ3n) is 16.7. The third-order valence-corrected chi connectivity index (χ3v) is 16.7. The molecule has 0 N–H and O–H groups in total. The number of rotatable bonds is 12. The molecule has 0 fully saturated rings. The quantitative estimate of drug-likeness (QED) is 0.122. The van der Waals surface area contributed by atoms with Gasteiger partial charge >= 0.3 is 0 Å². The summed E-state index contributed by atoms with van der Waals surface area (Å²) in [4.78, 5) is 15.3. The van der Waals surface area contributed by atoms with Gasteiger partial charge in [-0.05, 0) is 156 Å². The van der Waals surface area contributed by atoms with Crippen molar-refractivity contribution in [2.75, 3.05) is 9.80 Å². The van der Waals surface area contributed by atoms with E-state index in [1.165, 1.54) is 43.6 Å². The van der Waals surface area contributed by atoms with Gasteiger partial charge in [-0.2, -0.15) is 0 Å². The monoisotopic (exact) mass is 1100 g/mol. The molecule has 3 aromatic heterocycles. The Hall–Kier alpha value is -11.6. The van der Waals surface area contributed by atoms with E-state index in [2.05, 4.69) is 322 Å². The minimum absolute atomic E-state index is 0.821. The van der Waals surface area contributed by atoms with Crippen LogP contribution < -0.4 is 9.80 Å². The van der Waals surface area contributed by atoms with Crippen LogP contribution >= 0.6 is 0 Å². The Labute approximate surface area is 498 Å². The van der Waals surface area contributed by atoms with Gasteiger partial charge in [-0.25, -0.2) is 9.97 Å². The van der Waals surface area contributed by atoms with E-state index in [1.54, 1.807) is 0 Å². The Kier molecular flexibility index (Phi) is 12.4. The van der Waals surface area contributed by atoms with Gasteiger partial charge in [-0.15, -0.1) is 0 Å². The SMILES string of the molecule is c1ccc(N(c2ccc(-c3ccc(-n4c5ccccc5c5ccccc54)cc3)cc2)c2ccc(-c3nc4ccccc4nc3-c3ccc(N(c4ccccc4)c4ccc(-c5ccc(-n6c7ccccc7c7ccccc76)cc5)cc4)cc3)cc2)cc1. The molecule has 0 bridgehead atoms. The maximum atomic E-state index is 5.34. The van der Waals surface area contributed by atoms with E-state index in [0.717, 1.165) is 101 Å². The van der Waals surface area contributed by atoms with E-state index in [1.807, 2.05) is 24.3 Å². The minimum Gasteiger partial charge on any atom is -0.311 e. The van der Waals surface area contributed by atoms with Crippen molar-refractivity contribution in [2.45, 2.75) is 0 Å². The molecule has 16 aromatic rings. The molecule has 0 aliphatic carbocycles. The Bertz CT molecular complexity index is 4680. The predicted octanol–water partition coefficient (Wildman–Crippen LogP) is 21.4. The number of hydrogen-bond donors (Lipinski definition) is 0. The molecule has 0 saturated heterocycles. The molecule has 86 heavy (non-hydrogen) atoms. The normalized spacial score (nSPS) is 11.5. The first-order chi connectivity index (χ1) is 42.6. The second-order valence-corrected chi connectivity index (χ2v) is 21.8. The number of hydrogen-bond acceptors (Lipinski definition) is 4. The van der Waals surface area contributed by atoms with E-state index in [0.29, 0.717) is 0 Å². The van der Waals surface area contributed by atoms with Gasteiger partial charge in [0.25, 0.3) is 0 Å². The zero-order valence-electron chi connectivity index (χ0n) is 46.9. The number of para-hydroxylation sites is 8. The van der Waals surface area contributed by atoms with Gasteiger partial charge in [0, 0.05) is 78.2 Å². The lowest BCUT2D eigenvalue weighted by Gasteiger charge is -2.26. The van der Waals surface area contributed by atoms with E-state index < -0.39 is 0 Å². The molecule has 6 heteroatoms. The number of fused-ring (bicyclic) bond motifs is 7. The van der Waals surface area contributed by atoms with E-state index in [4.69, 9.17) is 9.97 Å². The van der Waals surface area contributed by atoms with Crippen LogP contribution in [-0.4, -0.2) is 19.1 Å². The van der Waals surface area contributed by atoms with Crippen molar-refractivity contribution in [3.63, 3.8) is 0 Å². The van der Waals surface area contributed by atoms with Crippen molar-refractivity contribution in [3.05, 3.63) is 328 Å². The van der Waals surface area contributed by atoms with Gasteiger partial charge in [0.05, 0.1) is 44.5 Å². The topological polar surface area (TPSA) is 42.1 Å². The summed E-state index contributed by atoms with van der Waals surface area (Å²) in [6.45, 7) is 0. The molecule has 0 unspecified atom stereocenters. The molecule has 404 valence electrons. The third kappa shape index (κ3) is 8.92. The van der Waals surface area contributed by atoms with Crippen LogP contribution in [0.2, 0.25) is 0 Å². The molecule has 13 aromatic carbocycles. The highest BCUT2D eigenvalue weighted by Gasteiger charge is 2.20. The first-order valence-electron chi connectivity index (χ1n) is 29.2. The molecule has 0 radical (unpaired) electrons. The average Bonchev–Trinajstić information content (AvgIpc) is 3.29. The second-order valence-electron chi connectivity index (χ2n) is 21.8. The van der Waals surface area contributed by atoms with Crippen LogP contribution in [0.15, 0.2) is 328 Å². The van der Waals surface area contributed by atoms with Crippen LogP contribution in [0.5, 0.6) is 0 Å². The van der Waals surface area contributed by atoms with Crippen molar-refractivity contribution >= 4 is 88.8 Å². The fourth-order valence-corrected chi connectivity index (χ4v) is 12.6. The summed E-state index contributed by atoms with van der Waals surface area (Å²) in [7, 11) is 0. The summed E-state index contributed by atoms with van der Waals surface area (Å²) < 4.78 is 4.72. The summed E-state index contributed by atoms with van der Waals surface area (Å²) in [5.41, 5.74) is 23.3. The molecule has 6 nitrogen and oxygen atoms in total. The molecule has 0 aliphatic rings. The molecule has 0 atom stereocenters. The Morgan fingerprint density at radius 3 is 0.733 bits per heavy atom. The van der Waals surface area contributed by atoms with Gasteiger partial charge in [-0.3, -0.25) is 0 Å². The van der Waals surface area contributed by atoms with E-state index >= 15 is 0 Å². The van der Waals surface area contributed by atoms with Crippen molar-refractivity contribution in [1.29, 1.82) is 0 Å². The number of anilines is 6. The summed E-state index contributed by atoms with van der Waals surface area (Å²) in [6, 6.07) is 117. The summed E-state index contributed by atoms with van der Waals surface area (Å²) >= 11 is 0. The number of nitrogens with zero attached hydrogens (tertiary/aromatic N) is 6. The van der Waals surface area contributed by atoms with Crippen LogP contribution in [0.3, 0.4) is 0 Å². The Balaban J connectivity index is 0.687. The van der Waals surface area contributed by atoms with Crippen molar-refractivity contribution in [2.24, 2.45) is 0 Å². The first-order valence-corrected chi connectivity index (χ1v) is 29.2. The lowest BCUT2D eigenvalue weighted by atomic mass is 10.0. The second kappa shape index (κ2) is 21.3. The molecular formula is C80H54N6. The number of aromatic nitrogens is 4. The van der Waals surface area contributed by atoms with Crippen LogP contribution in [-0.2, 0) is 0 Å². The molecule has 0 saturated carbocycles.